The van der Waals surface area contributed by atoms with E-state index in [4.69, 9.17) is 10.5 Å². The standard InChI is InChI=1S/C13H20N2O3S2/c1-18-13-3-2-11(8-12(13)14)20(16,17)15-9-10-4-6-19-7-5-10/h2-3,8,10,15H,4-7,9,14H2,1H3. The molecule has 0 amide bonds. The highest BCUT2D eigenvalue weighted by atomic mass is 32.2. The van der Waals surface area contributed by atoms with E-state index in [1.54, 1.807) is 6.07 Å². The molecule has 1 aromatic carbocycles. The molecule has 20 heavy (non-hydrogen) atoms. The van der Waals surface area contributed by atoms with Crippen molar-refractivity contribution in [3.05, 3.63) is 18.2 Å². The van der Waals surface area contributed by atoms with Crippen molar-refractivity contribution in [1.29, 1.82) is 0 Å². The number of hydrogen-bond donors (Lipinski definition) is 2. The molecule has 7 heteroatoms. The number of anilines is 1. The van der Waals surface area contributed by atoms with Crippen LogP contribution < -0.4 is 15.2 Å². The van der Waals surface area contributed by atoms with Crippen molar-refractivity contribution in [2.45, 2.75) is 17.7 Å². The van der Waals surface area contributed by atoms with Crippen molar-refractivity contribution in [2.24, 2.45) is 5.92 Å². The van der Waals surface area contributed by atoms with Gasteiger partial charge in [0.25, 0.3) is 0 Å². The molecule has 1 aliphatic heterocycles. The number of nitrogens with two attached hydrogens (primary N) is 1. The first-order chi connectivity index (χ1) is 9.53. The fraction of sp³-hybridized carbons (Fsp3) is 0.538. The monoisotopic (exact) mass is 316 g/mol. The third kappa shape index (κ3) is 3.80. The van der Waals surface area contributed by atoms with Crippen molar-refractivity contribution >= 4 is 27.5 Å². The topological polar surface area (TPSA) is 81.4 Å². The van der Waals surface area contributed by atoms with Crippen LogP contribution in [0.4, 0.5) is 5.69 Å². The maximum absolute atomic E-state index is 12.2. The van der Waals surface area contributed by atoms with Crippen LogP contribution in [0, 0.1) is 5.92 Å². The van der Waals surface area contributed by atoms with Gasteiger partial charge in [0.2, 0.25) is 10.0 Å². The van der Waals surface area contributed by atoms with E-state index in [1.165, 1.54) is 19.2 Å². The lowest BCUT2D eigenvalue weighted by Crippen LogP contribution is -2.31. The summed E-state index contributed by atoms with van der Waals surface area (Å²) in [6.45, 7) is 0.495. The highest BCUT2D eigenvalue weighted by Gasteiger charge is 2.19. The number of nitrogens with one attached hydrogen (secondary N) is 1. The van der Waals surface area contributed by atoms with Crippen LogP contribution in [0.3, 0.4) is 0 Å². The minimum Gasteiger partial charge on any atom is -0.495 e. The van der Waals surface area contributed by atoms with Crippen LogP contribution in [0.25, 0.3) is 0 Å². The van der Waals surface area contributed by atoms with Gasteiger partial charge in [0.15, 0.2) is 0 Å². The lowest BCUT2D eigenvalue weighted by molar-refractivity contribution is 0.416. The van der Waals surface area contributed by atoms with Crippen molar-refractivity contribution in [2.75, 3.05) is 30.9 Å². The highest BCUT2D eigenvalue weighted by molar-refractivity contribution is 7.99. The molecule has 112 valence electrons. The van der Waals surface area contributed by atoms with Gasteiger partial charge in [-0.15, -0.1) is 0 Å². The summed E-state index contributed by atoms with van der Waals surface area (Å²) < 4.78 is 32.1. The Labute approximate surface area is 124 Å². The van der Waals surface area contributed by atoms with Crippen LogP contribution in [0.2, 0.25) is 0 Å². The Morgan fingerprint density at radius 1 is 1.40 bits per heavy atom. The molecular formula is C13H20N2O3S2. The van der Waals surface area contributed by atoms with Gasteiger partial charge in [-0.05, 0) is 48.5 Å². The lowest BCUT2D eigenvalue weighted by atomic mass is 10.0. The number of sulfonamides is 1. The van der Waals surface area contributed by atoms with Gasteiger partial charge in [-0.25, -0.2) is 13.1 Å². The second-order valence-electron chi connectivity index (χ2n) is 4.81. The van der Waals surface area contributed by atoms with Crippen molar-refractivity contribution in [3.8, 4) is 5.75 Å². The Morgan fingerprint density at radius 3 is 2.70 bits per heavy atom. The molecule has 1 aliphatic rings. The largest absolute Gasteiger partial charge is 0.495 e. The third-order valence-corrected chi connectivity index (χ3v) is 5.88. The van der Waals surface area contributed by atoms with E-state index in [-0.39, 0.29) is 4.90 Å². The molecule has 2 rings (SSSR count). The maximum atomic E-state index is 12.2. The molecule has 0 radical (unpaired) electrons. The summed E-state index contributed by atoms with van der Waals surface area (Å²) in [5.41, 5.74) is 6.07. The van der Waals surface area contributed by atoms with Crippen LogP contribution >= 0.6 is 11.8 Å². The number of hydrogen-bond acceptors (Lipinski definition) is 5. The molecule has 0 atom stereocenters. The van der Waals surface area contributed by atoms with Crippen molar-refractivity contribution in [1.82, 2.24) is 4.72 Å². The summed E-state index contributed by atoms with van der Waals surface area (Å²) in [5.74, 6) is 3.14. The molecule has 5 nitrogen and oxygen atoms in total. The Hall–Kier alpha value is -0.920. The van der Waals surface area contributed by atoms with E-state index < -0.39 is 10.0 Å². The van der Waals surface area contributed by atoms with Gasteiger partial charge >= 0.3 is 0 Å². The Bertz CT molecular complexity index is 555. The molecule has 1 saturated heterocycles. The maximum Gasteiger partial charge on any atom is 0.240 e. The third-order valence-electron chi connectivity index (χ3n) is 3.41. The Balaban J connectivity index is 2.04. The molecule has 0 spiro atoms. The molecule has 1 fully saturated rings. The number of nitrogen functional groups attached to an aromatic ring is 1. The molecule has 0 unspecified atom stereocenters. The van der Waals surface area contributed by atoms with Gasteiger partial charge in [0.05, 0.1) is 17.7 Å². The van der Waals surface area contributed by atoms with Crippen LogP contribution in [-0.2, 0) is 10.0 Å². The Kier molecular flexibility index (Phi) is 5.17. The summed E-state index contributed by atoms with van der Waals surface area (Å²) in [5, 5.41) is 0. The molecule has 0 aromatic heterocycles. The first-order valence-corrected chi connectivity index (χ1v) is 9.17. The summed E-state index contributed by atoms with van der Waals surface area (Å²) in [7, 11) is -2.00. The first kappa shape index (κ1) is 15.5. The van der Waals surface area contributed by atoms with Crippen LogP contribution in [0.1, 0.15) is 12.8 Å². The van der Waals surface area contributed by atoms with Gasteiger partial charge in [-0.3, -0.25) is 0 Å². The average molecular weight is 316 g/mol. The second-order valence-corrected chi connectivity index (χ2v) is 7.80. The number of rotatable bonds is 5. The molecule has 1 heterocycles. The zero-order valence-corrected chi connectivity index (χ0v) is 13.1. The quantitative estimate of drug-likeness (QED) is 0.808. The summed E-state index contributed by atoms with van der Waals surface area (Å²) >= 11 is 1.93. The van der Waals surface area contributed by atoms with Crippen molar-refractivity contribution in [3.63, 3.8) is 0 Å². The zero-order chi connectivity index (χ0) is 14.6. The normalized spacial score (nSPS) is 17.1. The Morgan fingerprint density at radius 2 is 2.10 bits per heavy atom. The fourth-order valence-electron chi connectivity index (χ4n) is 2.14. The fourth-order valence-corrected chi connectivity index (χ4v) is 4.50. The molecule has 0 saturated carbocycles. The number of ether oxygens (including phenoxy) is 1. The van der Waals surface area contributed by atoms with Crippen molar-refractivity contribution < 1.29 is 13.2 Å². The van der Waals surface area contributed by atoms with E-state index in [0.717, 1.165) is 24.3 Å². The molecule has 1 aromatic rings. The minimum absolute atomic E-state index is 0.181. The average Bonchev–Trinajstić information content (AvgIpc) is 2.46. The lowest BCUT2D eigenvalue weighted by Gasteiger charge is -2.21. The van der Waals surface area contributed by atoms with Gasteiger partial charge in [-0.1, -0.05) is 0 Å². The zero-order valence-electron chi connectivity index (χ0n) is 11.5. The predicted molar refractivity (Wildman–Crippen MR) is 82.6 cm³/mol. The van der Waals surface area contributed by atoms with Gasteiger partial charge in [-0.2, -0.15) is 11.8 Å². The van der Waals surface area contributed by atoms with E-state index in [0.29, 0.717) is 23.9 Å². The van der Waals surface area contributed by atoms with Crippen LogP contribution in [0.15, 0.2) is 23.1 Å². The summed E-state index contributed by atoms with van der Waals surface area (Å²) in [6.07, 6.45) is 2.13. The molecule has 0 bridgehead atoms. The van der Waals surface area contributed by atoms with Gasteiger partial charge in [0.1, 0.15) is 5.75 Å². The van der Waals surface area contributed by atoms with Gasteiger partial charge in [0, 0.05) is 6.54 Å². The number of benzene rings is 1. The van der Waals surface area contributed by atoms with Crippen LogP contribution in [0.5, 0.6) is 5.75 Å². The van der Waals surface area contributed by atoms with Crippen LogP contribution in [-0.4, -0.2) is 33.6 Å². The van der Waals surface area contributed by atoms with E-state index in [1.807, 2.05) is 11.8 Å². The summed E-state index contributed by atoms with van der Waals surface area (Å²) in [4.78, 5) is 0.181. The second kappa shape index (κ2) is 6.69. The van der Waals surface area contributed by atoms with Gasteiger partial charge < -0.3 is 10.5 Å². The molecular weight excluding hydrogens is 296 g/mol. The molecule has 0 aliphatic carbocycles. The minimum atomic E-state index is -3.50. The summed E-state index contributed by atoms with van der Waals surface area (Å²) in [6, 6.07) is 4.51. The highest BCUT2D eigenvalue weighted by Crippen LogP contribution is 2.25. The predicted octanol–water partition coefficient (Wildman–Crippen LogP) is 1.70. The van der Waals surface area contributed by atoms with E-state index >= 15 is 0 Å². The van der Waals surface area contributed by atoms with E-state index in [9.17, 15) is 8.42 Å². The first-order valence-electron chi connectivity index (χ1n) is 6.54. The SMILES string of the molecule is COc1ccc(S(=O)(=O)NCC2CCSCC2)cc1N. The smallest absolute Gasteiger partial charge is 0.240 e. The number of thioether (sulfide) groups is 1. The van der Waals surface area contributed by atoms with E-state index in [2.05, 4.69) is 4.72 Å². The molecule has 3 N–H and O–H groups in total. The number of methoxy groups -OCH3 is 1.